The molecule has 1 aromatic carbocycles. The predicted molar refractivity (Wildman–Crippen MR) is 84.6 cm³/mol. The monoisotopic (exact) mass is 353 g/mol. The van der Waals surface area contributed by atoms with Gasteiger partial charge in [-0.05, 0) is 30.9 Å². The molecule has 24 heavy (non-hydrogen) atoms. The Morgan fingerprint density at radius 1 is 1.42 bits per heavy atom. The minimum atomic E-state index is -1.09. The lowest BCUT2D eigenvalue weighted by atomic mass is 10.2. The summed E-state index contributed by atoms with van der Waals surface area (Å²) in [6, 6.07) is 2.79. The van der Waals surface area contributed by atoms with Gasteiger partial charge in [-0.2, -0.15) is 0 Å². The van der Waals surface area contributed by atoms with Crippen molar-refractivity contribution in [2.75, 3.05) is 5.75 Å². The molecule has 4 N–H and O–H groups in total. The number of hydrogen-bond acceptors (Lipinski definition) is 6. The Bertz CT molecular complexity index is 704. The molecule has 1 aliphatic carbocycles. The molecular formula is C14H15N3O6S. The van der Waals surface area contributed by atoms with Gasteiger partial charge in [0.05, 0.1) is 15.6 Å². The number of nitro benzene ring substituents is 1. The number of rotatable bonds is 8. The number of nitrogens with zero attached hydrogens (tertiary/aromatic N) is 1. The first-order valence-electron chi connectivity index (χ1n) is 7.02. The van der Waals surface area contributed by atoms with Crippen LogP contribution >= 0.6 is 11.8 Å². The molecule has 0 heterocycles. The van der Waals surface area contributed by atoms with Crippen LogP contribution in [0.3, 0.4) is 0 Å². The highest BCUT2D eigenvalue weighted by molar-refractivity contribution is 8.00. The number of primary amides is 1. The van der Waals surface area contributed by atoms with Crippen molar-refractivity contribution in [3.63, 3.8) is 0 Å². The summed E-state index contributed by atoms with van der Waals surface area (Å²) in [6.07, 6.45) is 1.51. The number of amides is 2. The van der Waals surface area contributed by atoms with Gasteiger partial charge < -0.3 is 16.2 Å². The third-order valence-corrected chi connectivity index (χ3v) is 4.54. The summed E-state index contributed by atoms with van der Waals surface area (Å²) in [6.45, 7) is 0. The van der Waals surface area contributed by atoms with Crippen LogP contribution in [0.1, 0.15) is 23.2 Å². The lowest BCUT2D eigenvalue weighted by molar-refractivity contribution is -0.387. The Kier molecular flexibility index (Phi) is 5.39. The highest BCUT2D eigenvalue weighted by Gasteiger charge is 2.37. The topological polar surface area (TPSA) is 153 Å². The summed E-state index contributed by atoms with van der Waals surface area (Å²) >= 11 is 0.891. The molecule has 0 aliphatic heterocycles. The van der Waals surface area contributed by atoms with Crippen LogP contribution in [0, 0.1) is 16.0 Å². The van der Waals surface area contributed by atoms with Crippen molar-refractivity contribution < 1.29 is 24.4 Å². The molecule has 0 saturated heterocycles. The van der Waals surface area contributed by atoms with Gasteiger partial charge in [0.2, 0.25) is 11.8 Å². The summed E-state index contributed by atoms with van der Waals surface area (Å²) in [5, 5.41) is 22.6. The molecule has 1 saturated carbocycles. The van der Waals surface area contributed by atoms with Crippen LogP contribution in [0.15, 0.2) is 23.1 Å². The van der Waals surface area contributed by atoms with Crippen molar-refractivity contribution in [2.24, 2.45) is 11.7 Å². The van der Waals surface area contributed by atoms with Gasteiger partial charge in [0, 0.05) is 11.6 Å². The van der Waals surface area contributed by atoms with Crippen LogP contribution in [-0.2, 0) is 9.59 Å². The molecule has 0 aromatic heterocycles. The van der Waals surface area contributed by atoms with E-state index < -0.39 is 28.7 Å². The number of nitrogens with one attached hydrogen (secondary N) is 1. The maximum absolute atomic E-state index is 11.9. The third kappa shape index (κ3) is 4.44. The molecular weight excluding hydrogens is 338 g/mol. The van der Waals surface area contributed by atoms with Crippen LogP contribution in [0.5, 0.6) is 0 Å². The lowest BCUT2D eigenvalue weighted by Crippen LogP contribution is -2.43. The SMILES string of the molecule is NC(=O)c1ccc(SCC(=O)NC(C(=O)O)C2CC2)c([N+](=O)[O-])c1. The molecule has 1 unspecified atom stereocenters. The van der Waals surface area contributed by atoms with E-state index in [0.29, 0.717) is 0 Å². The maximum Gasteiger partial charge on any atom is 0.326 e. The Hall–Kier alpha value is -2.62. The van der Waals surface area contributed by atoms with Gasteiger partial charge in [0.25, 0.3) is 5.69 Å². The zero-order valence-corrected chi connectivity index (χ0v) is 13.2. The average molecular weight is 353 g/mol. The van der Waals surface area contributed by atoms with Crippen molar-refractivity contribution in [1.82, 2.24) is 5.32 Å². The Labute approximate surface area is 140 Å². The van der Waals surface area contributed by atoms with E-state index in [2.05, 4.69) is 5.32 Å². The van der Waals surface area contributed by atoms with Gasteiger partial charge >= 0.3 is 5.97 Å². The third-order valence-electron chi connectivity index (χ3n) is 3.47. The number of nitro groups is 1. The number of hydrogen-bond donors (Lipinski definition) is 3. The minimum absolute atomic E-state index is 0.00447. The number of carboxylic acids is 1. The molecule has 10 heteroatoms. The number of thioether (sulfide) groups is 1. The minimum Gasteiger partial charge on any atom is -0.480 e. The van der Waals surface area contributed by atoms with Gasteiger partial charge in [-0.15, -0.1) is 11.8 Å². The molecule has 2 amide bonds. The van der Waals surface area contributed by atoms with E-state index in [-0.39, 0.29) is 27.8 Å². The summed E-state index contributed by atoms with van der Waals surface area (Å²) in [5.41, 5.74) is 4.75. The fourth-order valence-electron chi connectivity index (χ4n) is 2.10. The van der Waals surface area contributed by atoms with E-state index in [4.69, 9.17) is 10.8 Å². The molecule has 1 fully saturated rings. The molecule has 0 bridgehead atoms. The van der Waals surface area contributed by atoms with Crippen LogP contribution in [0.2, 0.25) is 0 Å². The zero-order valence-electron chi connectivity index (χ0n) is 12.4. The number of carbonyl (C=O) groups excluding carboxylic acids is 2. The zero-order chi connectivity index (χ0) is 17.9. The van der Waals surface area contributed by atoms with Gasteiger partial charge in [-0.25, -0.2) is 4.79 Å². The second kappa shape index (κ2) is 7.30. The van der Waals surface area contributed by atoms with Crippen molar-refractivity contribution >= 4 is 35.2 Å². The second-order valence-electron chi connectivity index (χ2n) is 5.31. The fraction of sp³-hybridized carbons (Fsp3) is 0.357. The van der Waals surface area contributed by atoms with Crippen molar-refractivity contribution in [1.29, 1.82) is 0 Å². The van der Waals surface area contributed by atoms with E-state index in [1.165, 1.54) is 12.1 Å². The van der Waals surface area contributed by atoms with E-state index in [1.807, 2.05) is 0 Å². The number of carbonyl (C=O) groups is 3. The van der Waals surface area contributed by atoms with Gasteiger partial charge in [-0.1, -0.05) is 0 Å². The Balaban J connectivity index is 2.02. The number of carboxylic acid groups (broad SMARTS) is 1. The van der Waals surface area contributed by atoms with Crippen LogP contribution < -0.4 is 11.1 Å². The van der Waals surface area contributed by atoms with Gasteiger partial charge in [-0.3, -0.25) is 19.7 Å². The van der Waals surface area contributed by atoms with Crippen molar-refractivity contribution in [3.05, 3.63) is 33.9 Å². The fourth-order valence-corrected chi connectivity index (χ4v) is 2.92. The molecule has 1 aromatic rings. The molecule has 1 atom stereocenters. The largest absolute Gasteiger partial charge is 0.480 e. The average Bonchev–Trinajstić information content (AvgIpc) is 3.34. The molecule has 0 spiro atoms. The van der Waals surface area contributed by atoms with E-state index in [1.54, 1.807) is 0 Å². The predicted octanol–water partition coefficient (Wildman–Crippen LogP) is 0.765. The number of aliphatic carboxylic acids is 1. The quantitative estimate of drug-likeness (QED) is 0.354. The first-order valence-corrected chi connectivity index (χ1v) is 8.01. The molecule has 9 nitrogen and oxygen atoms in total. The van der Waals surface area contributed by atoms with E-state index >= 15 is 0 Å². The highest BCUT2D eigenvalue weighted by Crippen LogP contribution is 2.33. The van der Waals surface area contributed by atoms with Crippen molar-refractivity contribution in [3.8, 4) is 0 Å². The first kappa shape index (κ1) is 17.7. The van der Waals surface area contributed by atoms with Crippen LogP contribution in [0.4, 0.5) is 5.69 Å². The summed E-state index contributed by atoms with van der Waals surface area (Å²) in [4.78, 5) is 44.6. The summed E-state index contributed by atoms with van der Waals surface area (Å²) in [7, 11) is 0. The van der Waals surface area contributed by atoms with Crippen molar-refractivity contribution in [2.45, 2.75) is 23.8 Å². The summed E-state index contributed by atoms with van der Waals surface area (Å²) in [5.74, 6) is -2.63. The van der Waals surface area contributed by atoms with Crippen LogP contribution in [0.25, 0.3) is 0 Å². The number of benzene rings is 1. The van der Waals surface area contributed by atoms with Crippen LogP contribution in [-0.4, -0.2) is 39.6 Å². The molecule has 128 valence electrons. The van der Waals surface area contributed by atoms with E-state index in [9.17, 15) is 24.5 Å². The second-order valence-corrected chi connectivity index (χ2v) is 6.33. The first-order chi connectivity index (χ1) is 11.3. The summed E-state index contributed by atoms with van der Waals surface area (Å²) < 4.78 is 0. The molecule has 0 radical (unpaired) electrons. The highest BCUT2D eigenvalue weighted by atomic mass is 32.2. The molecule has 1 aliphatic rings. The Morgan fingerprint density at radius 3 is 2.58 bits per heavy atom. The Morgan fingerprint density at radius 2 is 2.08 bits per heavy atom. The van der Waals surface area contributed by atoms with Gasteiger partial charge in [0.15, 0.2) is 0 Å². The smallest absolute Gasteiger partial charge is 0.326 e. The normalized spacial score (nSPS) is 14.7. The number of nitrogens with two attached hydrogens (primary N) is 1. The van der Waals surface area contributed by atoms with Gasteiger partial charge in [0.1, 0.15) is 6.04 Å². The lowest BCUT2D eigenvalue weighted by Gasteiger charge is -2.13. The maximum atomic E-state index is 11.9. The molecule has 2 rings (SSSR count). The standard InChI is InChI=1S/C14H15N3O6S/c15-13(19)8-3-4-10(9(5-8)17(22)23)24-6-11(18)16-12(14(20)21)7-1-2-7/h3-5,7,12H,1-2,6H2,(H2,15,19)(H,16,18)(H,20,21). The van der Waals surface area contributed by atoms with E-state index in [0.717, 1.165) is 30.7 Å².